The van der Waals surface area contributed by atoms with Gasteiger partial charge in [-0.3, -0.25) is 4.79 Å². The van der Waals surface area contributed by atoms with E-state index in [2.05, 4.69) is 10.6 Å². The number of ether oxygens (including phenoxy) is 2. The Balaban J connectivity index is 0.00000112. The summed E-state index contributed by atoms with van der Waals surface area (Å²) in [7, 11) is 0. The lowest BCUT2D eigenvalue weighted by atomic mass is 10.0. The molecule has 2 fully saturated rings. The largest absolute Gasteiger partial charge is 0.376 e. The van der Waals surface area contributed by atoms with E-state index in [1.54, 1.807) is 0 Å². The molecule has 0 aromatic carbocycles. The number of nitrogens with one attached hydrogen (secondary N) is 2. The predicted octanol–water partition coefficient (Wildman–Crippen LogP) is -0.841. The van der Waals surface area contributed by atoms with Crippen LogP contribution in [0.4, 0.5) is 0 Å². The smallest absolute Gasteiger partial charge is 0.225 e. The number of amides is 1. The van der Waals surface area contributed by atoms with Gasteiger partial charge in [-0.1, -0.05) is 0 Å². The molecule has 0 aliphatic carbocycles. The van der Waals surface area contributed by atoms with Crippen LogP contribution in [-0.4, -0.2) is 51.5 Å². The van der Waals surface area contributed by atoms with Crippen molar-refractivity contribution in [3.8, 4) is 0 Å². The van der Waals surface area contributed by atoms with Gasteiger partial charge in [-0.25, -0.2) is 0 Å². The van der Waals surface area contributed by atoms with Crippen molar-refractivity contribution in [2.75, 3.05) is 39.5 Å². The van der Waals surface area contributed by atoms with Gasteiger partial charge in [-0.2, -0.15) is 0 Å². The summed E-state index contributed by atoms with van der Waals surface area (Å²) in [6.45, 7) is 4.04. The summed E-state index contributed by atoms with van der Waals surface area (Å²) in [5.41, 5.74) is 0. The molecule has 0 aromatic heterocycles. The Hall–Kier alpha value is -0.360. The molecule has 15 heavy (non-hydrogen) atoms. The van der Waals surface area contributed by atoms with Gasteiger partial charge in [0.2, 0.25) is 5.91 Å². The first-order valence-corrected chi connectivity index (χ1v) is 5.04. The summed E-state index contributed by atoms with van der Waals surface area (Å²) < 4.78 is 10.6. The van der Waals surface area contributed by atoms with Crippen LogP contribution < -0.4 is 10.6 Å². The summed E-state index contributed by atoms with van der Waals surface area (Å²) in [4.78, 5) is 11.4. The third-order valence-electron chi connectivity index (χ3n) is 2.54. The number of carbonyl (C=O) groups is 1. The van der Waals surface area contributed by atoms with E-state index in [-0.39, 0.29) is 30.3 Å². The molecule has 1 amide bonds. The van der Waals surface area contributed by atoms with E-state index >= 15 is 0 Å². The standard InChI is InChI=1S/C9H16N2O3.ClH/c12-9(7-3-10-4-7)11-5-8-6-13-1-2-14-8;/h7-8,10H,1-6H2,(H,11,12);1H. The van der Waals surface area contributed by atoms with Gasteiger partial charge < -0.3 is 20.1 Å². The van der Waals surface area contributed by atoms with E-state index in [0.717, 1.165) is 13.1 Å². The summed E-state index contributed by atoms with van der Waals surface area (Å²) >= 11 is 0. The van der Waals surface area contributed by atoms with Crippen LogP contribution in [0.5, 0.6) is 0 Å². The van der Waals surface area contributed by atoms with Gasteiger partial charge in [0.05, 0.1) is 31.8 Å². The molecule has 0 saturated carbocycles. The topological polar surface area (TPSA) is 59.6 Å². The van der Waals surface area contributed by atoms with Crippen molar-refractivity contribution in [2.45, 2.75) is 6.10 Å². The van der Waals surface area contributed by atoms with E-state index < -0.39 is 0 Å². The fraction of sp³-hybridized carbons (Fsp3) is 0.889. The van der Waals surface area contributed by atoms with Gasteiger partial charge in [0.25, 0.3) is 0 Å². The molecule has 0 spiro atoms. The second-order valence-corrected chi connectivity index (χ2v) is 3.67. The first-order valence-electron chi connectivity index (χ1n) is 5.04. The summed E-state index contributed by atoms with van der Waals surface area (Å²) in [5, 5.41) is 5.93. The average molecular weight is 237 g/mol. The second kappa shape index (κ2) is 6.27. The minimum atomic E-state index is 0. The van der Waals surface area contributed by atoms with Crippen molar-refractivity contribution in [1.29, 1.82) is 0 Å². The van der Waals surface area contributed by atoms with Crippen molar-refractivity contribution < 1.29 is 14.3 Å². The predicted molar refractivity (Wildman–Crippen MR) is 57.2 cm³/mol. The van der Waals surface area contributed by atoms with Crippen LogP contribution in [0.2, 0.25) is 0 Å². The summed E-state index contributed by atoms with van der Waals surface area (Å²) in [6.07, 6.45) is 0.0285. The quantitative estimate of drug-likeness (QED) is 0.671. The fourth-order valence-corrected chi connectivity index (χ4v) is 1.49. The zero-order valence-electron chi connectivity index (χ0n) is 8.53. The molecule has 1 unspecified atom stereocenters. The number of hydrogen-bond acceptors (Lipinski definition) is 4. The zero-order chi connectivity index (χ0) is 9.80. The van der Waals surface area contributed by atoms with Crippen LogP contribution in [0.25, 0.3) is 0 Å². The molecule has 2 saturated heterocycles. The van der Waals surface area contributed by atoms with Crippen LogP contribution in [0.3, 0.4) is 0 Å². The Morgan fingerprint density at radius 2 is 2.20 bits per heavy atom. The van der Waals surface area contributed by atoms with Gasteiger partial charge in [-0.05, 0) is 0 Å². The molecule has 0 aromatic rings. The third-order valence-corrected chi connectivity index (χ3v) is 2.54. The molecule has 2 heterocycles. The van der Waals surface area contributed by atoms with E-state index in [1.807, 2.05) is 0 Å². The maximum atomic E-state index is 11.4. The first kappa shape index (κ1) is 12.7. The number of halogens is 1. The van der Waals surface area contributed by atoms with Crippen LogP contribution in [0.1, 0.15) is 0 Å². The van der Waals surface area contributed by atoms with Crippen molar-refractivity contribution in [2.24, 2.45) is 5.92 Å². The number of hydrogen-bond donors (Lipinski definition) is 2. The maximum Gasteiger partial charge on any atom is 0.225 e. The van der Waals surface area contributed by atoms with Crippen molar-refractivity contribution in [3.05, 3.63) is 0 Å². The Morgan fingerprint density at radius 1 is 1.40 bits per heavy atom. The third kappa shape index (κ3) is 3.61. The van der Waals surface area contributed by atoms with Crippen LogP contribution in [0, 0.1) is 5.92 Å². The Kier molecular flexibility index (Phi) is 5.31. The molecular weight excluding hydrogens is 220 g/mol. The second-order valence-electron chi connectivity index (χ2n) is 3.67. The molecule has 6 heteroatoms. The van der Waals surface area contributed by atoms with Gasteiger partial charge in [0, 0.05) is 19.6 Å². The molecule has 5 nitrogen and oxygen atoms in total. The maximum absolute atomic E-state index is 11.4. The van der Waals surface area contributed by atoms with Gasteiger partial charge in [-0.15, -0.1) is 12.4 Å². The lowest BCUT2D eigenvalue weighted by molar-refractivity contribution is -0.129. The van der Waals surface area contributed by atoms with Crippen molar-refractivity contribution in [3.63, 3.8) is 0 Å². The highest BCUT2D eigenvalue weighted by molar-refractivity contribution is 5.85. The minimum Gasteiger partial charge on any atom is -0.376 e. The fourth-order valence-electron chi connectivity index (χ4n) is 1.49. The highest BCUT2D eigenvalue weighted by Gasteiger charge is 2.25. The monoisotopic (exact) mass is 236 g/mol. The van der Waals surface area contributed by atoms with Crippen LogP contribution in [-0.2, 0) is 14.3 Å². The molecular formula is C9H17ClN2O3. The van der Waals surface area contributed by atoms with E-state index in [9.17, 15) is 4.79 Å². The Labute approximate surface area is 95.3 Å². The first-order chi connectivity index (χ1) is 6.86. The summed E-state index contributed by atoms with van der Waals surface area (Å²) in [5.74, 6) is 0.275. The molecule has 88 valence electrons. The highest BCUT2D eigenvalue weighted by atomic mass is 35.5. The highest BCUT2D eigenvalue weighted by Crippen LogP contribution is 2.03. The number of rotatable bonds is 3. The molecule has 2 aliphatic rings. The SMILES string of the molecule is Cl.O=C(NCC1COCCO1)C1CNC1. The summed E-state index contributed by atoms with van der Waals surface area (Å²) in [6, 6.07) is 0. The Morgan fingerprint density at radius 3 is 2.73 bits per heavy atom. The zero-order valence-corrected chi connectivity index (χ0v) is 9.35. The van der Waals surface area contributed by atoms with Crippen LogP contribution in [0.15, 0.2) is 0 Å². The molecule has 2 rings (SSSR count). The van der Waals surface area contributed by atoms with Crippen LogP contribution >= 0.6 is 12.4 Å². The normalized spacial score (nSPS) is 26.3. The lowest BCUT2D eigenvalue weighted by Crippen LogP contribution is -2.52. The molecule has 0 radical (unpaired) electrons. The minimum absolute atomic E-state index is 0. The van der Waals surface area contributed by atoms with Gasteiger partial charge in [0.1, 0.15) is 0 Å². The molecule has 1 atom stereocenters. The van der Waals surface area contributed by atoms with E-state index in [0.29, 0.717) is 26.4 Å². The van der Waals surface area contributed by atoms with Gasteiger partial charge >= 0.3 is 0 Å². The molecule has 0 bridgehead atoms. The van der Waals surface area contributed by atoms with Gasteiger partial charge in [0.15, 0.2) is 0 Å². The lowest BCUT2D eigenvalue weighted by Gasteiger charge is -2.28. The molecule has 2 aliphatic heterocycles. The average Bonchev–Trinajstić information content (AvgIpc) is 2.14. The number of carbonyl (C=O) groups excluding carboxylic acids is 1. The van der Waals surface area contributed by atoms with Crippen molar-refractivity contribution in [1.82, 2.24) is 10.6 Å². The Bertz CT molecular complexity index is 206. The van der Waals surface area contributed by atoms with E-state index in [4.69, 9.17) is 9.47 Å². The van der Waals surface area contributed by atoms with Crippen molar-refractivity contribution >= 4 is 18.3 Å². The van der Waals surface area contributed by atoms with E-state index in [1.165, 1.54) is 0 Å². The molecule has 2 N–H and O–H groups in total.